The van der Waals surface area contributed by atoms with Crippen molar-refractivity contribution in [1.29, 1.82) is 0 Å². The van der Waals surface area contributed by atoms with Crippen LogP contribution < -0.4 is 19.5 Å². The molecular formula is C53H63FN6O8. The van der Waals surface area contributed by atoms with Gasteiger partial charge in [-0.1, -0.05) is 43.3 Å². The molecular weight excluding hydrogens is 868 g/mol. The van der Waals surface area contributed by atoms with Gasteiger partial charge in [-0.05, 0) is 132 Å². The average Bonchev–Trinajstić information content (AvgIpc) is 3.92. The minimum Gasteiger partial charge on any atom is -0.508 e. The van der Waals surface area contributed by atoms with Gasteiger partial charge < -0.3 is 43.6 Å². The summed E-state index contributed by atoms with van der Waals surface area (Å²) in [5.41, 5.74) is 6.60. The zero-order chi connectivity index (χ0) is 46.9. The first-order chi connectivity index (χ1) is 33.3. The van der Waals surface area contributed by atoms with Crippen molar-refractivity contribution < 1.29 is 42.7 Å². The summed E-state index contributed by atoms with van der Waals surface area (Å²) in [7, 11) is 1.56. The number of rotatable bonds is 23. The largest absolute Gasteiger partial charge is 0.508 e. The molecule has 9 rings (SSSR count). The van der Waals surface area contributed by atoms with Crippen LogP contribution in [0.25, 0.3) is 10.9 Å². The van der Waals surface area contributed by atoms with Gasteiger partial charge in [-0.2, -0.15) is 0 Å². The molecule has 6 atom stereocenters. The quantitative estimate of drug-likeness (QED) is 0.0588. The van der Waals surface area contributed by atoms with Crippen molar-refractivity contribution in [2.45, 2.75) is 70.9 Å². The lowest BCUT2D eigenvalue weighted by Gasteiger charge is -2.54. The number of aryl methyl sites for hydroxylation is 1. The zero-order valence-corrected chi connectivity index (χ0v) is 39.3. The lowest BCUT2D eigenvalue weighted by atomic mass is 9.50. The molecule has 15 heteroatoms. The first kappa shape index (κ1) is 47.2. The third-order valence-corrected chi connectivity index (χ3v) is 14.6. The van der Waals surface area contributed by atoms with Crippen molar-refractivity contribution in [3.05, 3.63) is 120 Å². The van der Waals surface area contributed by atoms with Crippen molar-refractivity contribution in [2.24, 2.45) is 23.2 Å². The highest BCUT2D eigenvalue weighted by molar-refractivity contribution is 5.93. The maximum atomic E-state index is 13.7. The summed E-state index contributed by atoms with van der Waals surface area (Å²) in [6.45, 7) is 9.64. The van der Waals surface area contributed by atoms with Crippen LogP contribution in [0.4, 0.5) is 15.9 Å². The highest BCUT2D eigenvalue weighted by Gasteiger charge is 2.56. The number of fused-ring (bicyclic) bond motifs is 6. The Hall–Kier alpha value is -5.87. The van der Waals surface area contributed by atoms with Gasteiger partial charge in [0.15, 0.2) is 11.5 Å². The van der Waals surface area contributed by atoms with Crippen molar-refractivity contribution in [3.63, 3.8) is 0 Å². The van der Waals surface area contributed by atoms with E-state index in [1.54, 1.807) is 37.6 Å². The second-order valence-corrected chi connectivity index (χ2v) is 18.5. The van der Waals surface area contributed by atoms with Gasteiger partial charge in [-0.25, -0.2) is 19.0 Å². The van der Waals surface area contributed by atoms with E-state index in [1.807, 2.05) is 16.8 Å². The molecule has 0 bridgehead atoms. The molecule has 4 aromatic carbocycles. The number of benzene rings is 4. The number of methoxy groups -OCH3 is 1. The lowest BCUT2D eigenvalue weighted by Crippen LogP contribution is -2.45. The molecule has 2 aromatic heterocycles. The standard InChI is InChI=1S/C53H63FN6O8/c1-35-7-16-47-44-14-10-37-27-41(61)11-15-43(37)51(44)46(31-53(35,47)2)36-8-12-42(13-9-36)67-18-17-60-40(32-57-59-60)33-66-24-23-64-20-19-63-21-22-65-25-26-68-50-30-48-45(29-49(50)62-3)52(56-34-55-48)58-39-6-4-5-38(54)28-39/h4-6,8-9,11-13,15,27-30,32,34-35,44,46-47,51,61H,7,10,14,16-26,31,33H2,1-3H3,(H,55,56,58)/t35-,44?,46+,47?,51?,53+/m0/s1. The van der Waals surface area contributed by atoms with Crippen LogP contribution in [-0.2, 0) is 38.5 Å². The number of nitrogens with one attached hydrogen (secondary N) is 1. The predicted molar refractivity (Wildman–Crippen MR) is 255 cm³/mol. The summed E-state index contributed by atoms with van der Waals surface area (Å²) in [6, 6.07) is 24.6. The Labute approximate surface area is 397 Å². The molecule has 2 saturated carbocycles. The zero-order valence-electron chi connectivity index (χ0n) is 39.3. The summed E-state index contributed by atoms with van der Waals surface area (Å²) >= 11 is 0. The van der Waals surface area contributed by atoms with Gasteiger partial charge in [-0.15, -0.1) is 5.10 Å². The smallest absolute Gasteiger partial charge is 0.163 e. The van der Waals surface area contributed by atoms with Gasteiger partial charge in [0, 0.05) is 17.1 Å². The number of aromatic nitrogens is 5. The maximum Gasteiger partial charge on any atom is 0.163 e. The molecule has 3 aliphatic carbocycles. The number of halogens is 1. The number of phenolic OH excluding ortho intramolecular Hbond substituents is 1. The van der Waals surface area contributed by atoms with Crippen LogP contribution in [-0.4, -0.2) is 96.6 Å². The van der Waals surface area contributed by atoms with E-state index in [9.17, 15) is 9.50 Å². The van der Waals surface area contributed by atoms with Crippen LogP contribution in [0.2, 0.25) is 0 Å². The molecule has 2 N–H and O–H groups in total. The van der Waals surface area contributed by atoms with Crippen molar-refractivity contribution in [2.75, 3.05) is 71.9 Å². The molecule has 0 aliphatic heterocycles. The fourth-order valence-corrected chi connectivity index (χ4v) is 11.1. The van der Waals surface area contributed by atoms with Gasteiger partial charge in [0.1, 0.15) is 42.7 Å². The molecule has 0 radical (unpaired) electrons. The monoisotopic (exact) mass is 930 g/mol. The molecule has 2 fully saturated rings. The Balaban J connectivity index is 0.634. The Morgan fingerprint density at radius 3 is 2.37 bits per heavy atom. The summed E-state index contributed by atoms with van der Waals surface area (Å²) in [5.74, 6) is 5.50. The van der Waals surface area contributed by atoms with Crippen LogP contribution >= 0.6 is 0 Å². The van der Waals surface area contributed by atoms with Crippen LogP contribution in [0.5, 0.6) is 23.0 Å². The van der Waals surface area contributed by atoms with Gasteiger partial charge >= 0.3 is 0 Å². The van der Waals surface area contributed by atoms with Crippen LogP contribution in [0.1, 0.15) is 73.8 Å². The number of ether oxygens (including phenoxy) is 7. The van der Waals surface area contributed by atoms with Crippen molar-refractivity contribution in [3.8, 4) is 23.0 Å². The Bertz CT molecular complexity index is 2600. The number of aromatic hydroxyl groups is 1. The predicted octanol–water partition coefficient (Wildman–Crippen LogP) is 9.43. The molecule has 6 aromatic rings. The first-order valence-electron chi connectivity index (χ1n) is 24.0. The number of phenols is 1. The minimum atomic E-state index is -0.345. The number of hydrogen-bond acceptors (Lipinski definition) is 13. The summed E-state index contributed by atoms with van der Waals surface area (Å²) in [6.07, 6.45) is 9.28. The fourth-order valence-electron chi connectivity index (χ4n) is 11.1. The fraction of sp³-hybridized carbons (Fsp3) is 0.472. The van der Waals surface area contributed by atoms with Crippen molar-refractivity contribution >= 4 is 22.4 Å². The molecule has 0 spiro atoms. The van der Waals surface area contributed by atoms with Crippen molar-refractivity contribution in [1.82, 2.24) is 25.0 Å². The topological polar surface area (TPSA) is 153 Å². The second-order valence-electron chi connectivity index (χ2n) is 18.5. The van der Waals surface area contributed by atoms with E-state index >= 15 is 0 Å². The molecule has 14 nitrogen and oxygen atoms in total. The van der Waals surface area contributed by atoms with E-state index in [1.165, 1.54) is 60.8 Å². The van der Waals surface area contributed by atoms with Gasteiger partial charge in [0.05, 0.1) is 83.9 Å². The molecule has 0 amide bonds. The van der Waals surface area contributed by atoms with Crippen LogP contribution in [0.15, 0.2) is 91.4 Å². The summed E-state index contributed by atoms with van der Waals surface area (Å²) in [4.78, 5) is 8.70. The third-order valence-electron chi connectivity index (χ3n) is 14.6. The second kappa shape index (κ2) is 22.0. The number of anilines is 2. The Morgan fingerprint density at radius 1 is 0.809 bits per heavy atom. The lowest BCUT2D eigenvalue weighted by molar-refractivity contribution is -0.00729. The van der Waals surface area contributed by atoms with Crippen LogP contribution in [0.3, 0.4) is 0 Å². The van der Waals surface area contributed by atoms with E-state index in [0.717, 1.165) is 29.7 Å². The van der Waals surface area contributed by atoms with E-state index in [-0.39, 0.29) is 5.82 Å². The SMILES string of the molecule is COc1cc2c(Nc3cccc(F)c3)ncnc2cc1OCCOCCOCCOCCOCc1cnnn1CCOc1ccc([C@H]2C[C@@]3(C)C(CC[C@@H]3C)C3CCc4cc(O)ccc4C32)cc1. The molecule has 360 valence electrons. The average molecular weight is 931 g/mol. The molecule has 3 aliphatic rings. The van der Waals surface area contributed by atoms with Gasteiger partial charge in [0.2, 0.25) is 0 Å². The first-order valence-corrected chi connectivity index (χ1v) is 24.0. The van der Waals surface area contributed by atoms with Gasteiger partial charge in [-0.3, -0.25) is 0 Å². The molecule has 3 unspecified atom stereocenters. The molecule has 68 heavy (non-hydrogen) atoms. The van der Waals surface area contributed by atoms with E-state index in [0.29, 0.717) is 135 Å². The number of nitrogens with zero attached hydrogens (tertiary/aromatic N) is 5. The Morgan fingerprint density at radius 2 is 1.59 bits per heavy atom. The van der Waals surface area contributed by atoms with E-state index in [2.05, 4.69) is 69.8 Å². The van der Waals surface area contributed by atoms with E-state index in [4.69, 9.17) is 33.2 Å². The molecule has 2 heterocycles. The summed E-state index contributed by atoms with van der Waals surface area (Å²) in [5, 5.41) is 22.5. The Kier molecular flexibility index (Phi) is 15.3. The van der Waals surface area contributed by atoms with Crippen LogP contribution in [0, 0.1) is 29.0 Å². The third kappa shape index (κ3) is 10.9. The highest BCUT2D eigenvalue weighted by Crippen LogP contribution is 2.66. The summed E-state index contributed by atoms with van der Waals surface area (Å²) < 4.78 is 56.2. The number of hydrogen-bond donors (Lipinski definition) is 2. The maximum absolute atomic E-state index is 13.7. The normalized spacial score (nSPS) is 21.8. The van der Waals surface area contributed by atoms with Gasteiger partial charge in [0.25, 0.3) is 0 Å². The minimum absolute atomic E-state index is 0.301. The van der Waals surface area contributed by atoms with E-state index < -0.39 is 0 Å². The molecule has 0 saturated heterocycles. The highest BCUT2D eigenvalue weighted by atomic mass is 19.1.